The van der Waals surface area contributed by atoms with Crippen LogP contribution in [0.25, 0.3) is 0 Å². The largest absolute Gasteiger partial charge is 0.338 e. The molecule has 0 N–H and O–H groups in total. The number of nitrogens with zero attached hydrogens (tertiary/aromatic N) is 3. The molecule has 2 aliphatic heterocycles. The van der Waals surface area contributed by atoms with E-state index in [2.05, 4.69) is 9.88 Å². The molecule has 4 rings (SSSR count). The van der Waals surface area contributed by atoms with Gasteiger partial charge in [-0.05, 0) is 49.0 Å². The molecule has 25 heavy (non-hydrogen) atoms. The van der Waals surface area contributed by atoms with Crippen LogP contribution in [-0.4, -0.2) is 40.3 Å². The Bertz CT molecular complexity index is 724. The molecule has 1 spiro atoms. The van der Waals surface area contributed by atoms with Crippen LogP contribution in [0.15, 0.2) is 35.8 Å². The number of piperidine rings is 1. The molecule has 1 aromatic heterocycles. The van der Waals surface area contributed by atoms with Crippen molar-refractivity contribution < 1.29 is 4.79 Å². The van der Waals surface area contributed by atoms with Crippen LogP contribution in [0, 0.1) is 5.41 Å². The molecular formula is C19H22ClN3OS. The van der Waals surface area contributed by atoms with Crippen LogP contribution in [0.1, 0.15) is 29.8 Å². The molecule has 2 saturated heterocycles. The maximum Gasteiger partial charge on any atom is 0.223 e. The highest BCUT2D eigenvalue weighted by atomic mass is 35.5. The van der Waals surface area contributed by atoms with Crippen molar-refractivity contribution in [2.75, 3.05) is 19.6 Å². The summed E-state index contributed by atoms with van der Waals surface area (Å²) in [4.78, 5) is 21.4. The lowest BCUT2D eigenvalue weighted by molar-refractivity contribution is -0.128. The highest BCUT2D eigenvalue weighted by Gasteiger charge is 2.44. The van der Waals surface area contributed by atoms with Crippen LogP contribution in [0.2, 0.25) is 5.02 Å². The number of amides is 1. The molecule has 6 heteroatoms. The van der Waals surface area contributed by atoms with Gasteiger partial charge in [0.15, 0.2) is 0 Å². The Balaban J connectivity index is 1.34. The third kappa shape index (κ3) is 3.89. The first-order valence-corrected chi connectivity index (χ1v) is 10.0. The Labute approximate surface area is 157 Å². The molecular weight excluding hydrogens is 354 g/mol. The van der Waals surface area contributed by atoms with E-state index < -0.39 is 0 Å². The topological polar surface area (TPSA) is 36.4 Å². The van der Waals surface area contributed by atoms with Crippen molar-refractivity contribution in [3.05, 3.63) is 51.4 Å². The van der Waals surface area contributed by atoms with Crippen LogP contribution in [0.4, 0.5) is 0 Å². The van der Waals surface area contributed by atoms with Crippen LogP contribution < -0.4 is 0 Å². The first-order valence-electron chi connectivity index (χ1n) is 8.75. The minimum atomic E-state index is 0.170. The molecule has 0 unspecified atom stereocenters. The van der Waals surface area contributed by atoms with E-state index in [1.165, 1.54) is 5.01 Å². The Morgan fingerprint density at radius 2 is 1.92 bits per heavy atom. The molecule has 1 amide bonds. The van der Waals surface area contributed by atoms with Crippen LogP contribution >= 0.6 is 22.9 Å². The SMILES string of the molecule is O=C1CC2(CCN(Cc3nccs3)CC2)CN1Cc1ccc(Cl)cc1. The monoisotopic (exact) mass is 375 g/mol. The molecule has 0 aliphatic carbocycles. The molecule has 3 heterocycles. The third-order valence-electron chi connectivity index (χ3n) is 5.45. The Hall–Kier alpha value is -1.43. The average molecular weight is 376 g/mol. The maximum atomic E-state index is 12.5. The van der Waals surface area contributed by atoms with Crippen molar-refractivity contribution in [1.82, 2.24) is 14.8 Å². The molecule has 132 valence electrons. The number of hydrogen-bond acceptors (Lipinski definition) is 4. The molecule has 0 atom stereocenters. The molecule has 1 aromatic carbocycles. The standard InChI is InChI=1S/C19H22ClN3OS/c20-16-3-1-15(2-4-16)12-23-14-19(11-18(23)24)5-8-22(9-6-19)13-17-21-7-10-25-17/h1-4,7,10H,5-6,8-9,11-14H2. The molecule has 2 aliphatic rings. The molecule has 2 aromatic rings. The summed E-state index contributed by atoms with van der Waals surface area (Å²) in [5, 5.41) is 3.95. The first kappa shape index (κ1) is 17.0. The number of likely N-dealkylation sites (tertiary alicyclic amines) is 2. The van der Waals surface area contributed by atoms with Crippen molar-refractivity contribution in [2.24, 2.45) is 5.41 Å². The van der Waals surface area contributed by atoms with Crippen molar-refractivity contribution in [1.29, 1.82) is 0 Å². The molecule has 0 saturated carbocycles. The summed E-state index contributed by atoms with van der Waals surface area (Å²) >= 11 is 7.67. The summed E-state index contributed by atoms with van der Waals surface area (Å²) < 4.78 is 0. The smallest absolute Gasteiger partial charge is 0.223 e. The van der Waals surface area contributed by atoms with Gasteiger partial charge in [-0.3, -0.25) is 9.69 Å². The maximum absolute atomic E-state index is 12.5. The van der Waals surface area contributed by atoms with E-state index in [1.54, 1.807) is 11.3 Å². The van der Waals surface area contributed by atoms with E-state index in [-0.39, 0.29) is 5.41 Å². The van der Waals surface area contributed by atoms with Crippen molar-refractivity contribution >= 4 is 28.8 Å². The number of thiazole rings is 1. The minimum absolute atomic E-state index is 0.170. The lowest BCUT2D eigenvalue weighted by atomic mass is 9.77. The van der Waals surface area contributed by atoms with Crippen molar-refractivity contribution in [3.63, 3.8) is 0 Å². The van der Waals surface area contributed by atoms with Gasteiger partial charge in [-0.15, -0.1) is 11.3 Å². The first-order chi connectivity index (χ1) is 12.1. The predicted octanol–water partition coefficient (Wildman–Crippen LogP) is 3.81. The average Bonchev–Trinajstić information content (AvgIpc) is 3.21. The number of rotatable bonds is 4. The Morgan fingerprint density at radius 3 is 2.60 bits per heavy atom. The fourth-order valence-corrected chi connectivity index (χ4v) is 4.76. The van der Waals surface area contributed by atoms with Gasteiger partial charge in [0.25, 0.3) is 0 Å². The van der Waals surface area contributed by atoms with E-state index in [1.807, 2.05) is 40.7 Å². The zero-order valence-corrected chi connectivity index (χ0v) is 15.7. The third-order valence-corrected chi connectivity index (χ3v) is 6.47. The van der Waals surface area contributed by atoms with Gasteiger partial charge >= 0.3 is 0 Å². The van der Waals surface area contributed by atoms with Gasteiger partial charge in [-0.2, -0.15) is 0 Å². The van der Waals surface area contributed by atoms with Crippen LogP contribution in [-0.2, 0) is 17.9 Å². The van der Waals surface area contributed by atoms with Crippen molar-refractivity contribution in [2.45, 2.75) is 32.4 Å². The minimum Gasteiger partial charge on any atom is -0.338 e. The van der Waals surface area contributed by atoms with Gasteiger partial charge in [-0.25, -0.2) is 4.98 Å². The molecule has 2 fully saturated rings. The molecule has 4 nitrogen and oxygen atoms in total. The van der Waals surface area contributed by atoms with Crippen LogP contribution in [0.3, 0.4) is 0 Å². The van der Waals surface area contributed by atoms with Gasteiger partial charge in [0, 0.05) is 36.1 Å². The predicted molar refractivity (Wildman–Crippen MR) is 101 cm³/mol. The zero-order chi connectivity index (χ0) is 17.3. The second kappa shape index (κ2) is 7.06. The summed E-state index contributed by atoms with van der Waals surface area (Å²) in [6.07, 6.45) is 4.77. The second-order valence-corrected chi connectivity index (χ2v) is 8.67. The summed E-state index contributed by atoms with van der Waals surface area (Å²) in [6, 6.07) is 7.81. The normalized spacial score (nSPS) is 20.5. The lowest BCUT2D eigenvalue weighted by Gasteiger charge is -2.38. The Kier molecular flexibility index (Phi) is 4.80. The summed E-state index contributed by atoms with van der Waals surface area (Å²) in [7, 11) is 0. The molecule has 0 radical (unpaired) electrons. The lowest BCUT2D eigenvalue weighted by Crippen LogP contribution is -2.41. The van der Waals surface area contributed by atoms with Gasteiger partial charge in [0.05, 0.1) is 6.54 Å². The highest BCUT2D eigenvalue weighted by molar-refractivity contribution is 7.09. The Morgan fingerprint density at radius 1 is 1.16 bits per heavy atom. The number of carbonyl (C=O) groups is 1. The number of aromatic nitrogens is 1. The zero-order valence-electron chi connectivity index (χ0n) is 14.2. The van der Waals surface area contributed by atoms with Gasteiger partial charge < -0.3 is 4.90 Å². The second-order valence-electron chi connectivity index (χ2n) is 7.26. The van der Waals surface area contributed by atoms with E-state index in [0.29, 0.717) is 18.9 Å². The number of carbonyl (C=O) groups excluding carboxylic acids is 1. The highest BCUT2D eigenvalue weighted by Crippen LogP contribution is 2.41. The summed E-state index contributed by atoms with van der Waals surface area (Å²) in [5.41, 5.74) is 1.32. The quantitative estimate of drug-likeness (QED) is 0.815. The van der Waals surface area contributed by atoms with Crippen molar-refractivity contribution in [3.8, 4) is 0 Å². The summed E-state index contributed by atoms with van der Waals surface area (Å²) in [5.74, 6) is 0.295. The van der Waals surface area contributed by atoms with Gasteiger partial charge in [-0.1, -0.05) is 23.7 Å². The number of halogens is 1. The number of benzene rings is 1. The van der Waals surface area contributed by atoms with E-state index in [0.717, 1.165) is 49.6 Å². The van der Waals surface area contributed by atoms with E-state index >= 15 is 0 Å². The fraction of sp³-hybridized carbons (Fsp3) is 0.474. The van der Waals surface area contributed by atoms with Gasteiger partial charge in [0.2, 0.25) is 5.91 Å². The number of hydrogen-bond donors (Lipinski definition) is 0. The van der Waals surface area contributed by atoms with E-state index in [4.69, 9.17) is 11.6 Å². The van der Waals surface area contributed by atoms with Gasteiger partial charge in [0.1, 0.15) is 5.01 Å². The fourth-order valence-electron chi connectivity index (χ4n) is 3.98. The van der Waals surface area contributed by atoms with Crippen LogP contribution in [0.5, 0.6) is 0 Å². The summed E-state index contributed by atoms with van der Waals surface area (Å²) in [6.45, 7) is 4.64. The molecule has 0 bridgehead atoms. The van der Waals surface area contributed by atoms with E-state index in [9.17, 15) is 4.79 Å².